The van der Waals surface area contributed by atoms with Crippen molar-refractivity contribution in [3.05, 3.63) is 268 Å². The van der Waals surface area contributed by atoms with E-state index in [1.54, 1.807) is 103 Å². The number of hydrogen-bond acceptors (Lipinski definition) is 15. The molecule has 0 saturated carbocycles. The number of rotatable bonds is 12. The molecule has 396 valence electrons. The van der Waals surface area contributed by atoms with Gasteiger partial charge in [-0.2, -0.15) is 21.0 Å². The summed E-state index contributed by atoms with van der Waals surface area (Å²) in [5.41, 5.74) is 0.952. The summed E-state index contributed by atoms with van der Waals surface area (Å²) in [4.78, 5) is 27.7. The van der Waals surface area contributed by atoms with Gasteiger partial charge in [0.1, 0.15) is 58.8 Å². The molecule has 0 fully saturated rings. The van der Waals surface area contributed by atoms with Gasteiger partial charge in [-0.1, -0.05) is 66.7 Å². The molecule has 0 aromatic heterocycles. The fourth-order valence-electron chi connectivity index (χ4n) is 7.58. The number of hydrogen-bond donors (Lipinski definition) is 2. The number of ether oxygens (including phenoxy) is 2. The molecule has 0 heterocycles. The van der Waals surface area contributed by atoms with E-state index in [4.69, 9.17) is 48.5 Å². The summed E-state index contributed by atoms with van der Waals surface area (Å²) in [5.74, 6) is 2.08. The third-order valence-electron chi connectivity index (χ3n) is 11.5. The van der Waals surface area contributed by atoms with Crippen LogP contribution in [0.15, 0.2) is 212 Å². The van der Waals surface area contributed by atoms with Crippen molar-refractivity contribution in [2.45, 2.75) is 0 Å². The Balaban J connectivity index is 0.000000366. The number of non-ortho nitro benzene ring substituents is 1. The predicted molar refractivity (Wildman–Crippen MR) is 301 cm³/mol. The van der Waals surface area contributed by atoms with Gasteiger partial charge in [0.15, 0.2) is 25.7 Å². The fourth-order valence-corrected chi connectivity index (χ4v) is 12.8. The molecule has 0 amide bonds. The van der Waals surface area contributed by atoms with Crippen LogP contribution in [0.25, 0.3) is 9.69 Å². The van der Waals surface area contributed by atoms with Crippen LogP contribution in [0, 0.1) is 68.6 Å². The summed E-state index contributed by atoms with van der Waals surface area (Å²) in [6, 6.07) is 65.6. The van der Waals surface area contributed by atoms with Gasteiger partial charge in [-0.05, 0) is 133 Å². The second-order valence-electron chi connectivity index (χ2n) is 16.3. The number of phenols is 2. The Morgan fingerprint density at radius 1 is 0.470 bits per heavy atom. The monoisotopic (exact) mass is 1190 g/mol. The van der Waals surface area contributed by atoms with Gasteiger partial charge < -0.3 is 40.4 Å². The van der Waals surface area contributed by atoms with Gasteiger partial charge in [0.25, 0.3) is 12.2 Å². The van der Waals surface area contributed by atoms with Crippen LogP contribution in [0.5, 0.6) is 34.5 Å². The molecule has 18 nitrogen and oxygen atoms in total. The van der Waals surface area contributed by atoms with Crippen molar-refractivity contribution in [1.29, 1.82) is 21.0 Å². The Morgan fingerprint density at radius 2 is 0.795 bits per heavy atom. The first-order valence-corrected chi connectivity index (χ1v) is 26.7. The molecule has 1 unspecified atom stereocenters. The SMILES string of the molecule is N#Cc1ccc([N+](=O)[O-])cc1C#N.O=CO[O-].O=P(c1ccccc1)(c1ccc(O)cc1)c1ccc(O)cc1.[C-]#[N+]c1ccc(Oc2ccc(P(=O)(c3ccccc3)c3ccc(Oc4ccc(C#N)c(C#N)c4)cc3)cc2)cc1[N+]#[C-].[H-].[K+].[K+]. The molecular weight excluding hydrogens is 1150 g/mol. The number of nitro groups is 1. The molecule has 0 aliphatic heterocycles. The normalized spacial score (nSPS) is 10.4. The molecule has 0 spiro atoms. The molecule has 0 saturated heterocycles. The van der Waals surface area contributed by atoms with Crippen molar-refractivity contribution in [3.8, 4) is 58.8 Å². The molecule has 9 aromatic rings. The number of nitriles is 4. The van der Waals surface area contributed by atoms with Crippen molar-refractivity contribution >= 4 is 69.6 Å². The quantitative estimate of drug-likeness (QED) is 0.0326. The van der Waals surface area contributed by atoms with Crippen molar-refractivity contribution in [2.75, 3.05) is 0 Å². The number of carbonyl (C=O) groups is 1. The average Bonchev–Trinajstić information content (AvgIpc) is 2.48. The molecule has 0 radical (unpaired) electrons. The van der Waals surface area contributed by atoms with Crippen LogP contribution >= 0.6 is 14.3 Å². The van der Waals surface area contributed by atoms with E-state index in [1.165, 1.54) is 54.6 Å². The maximum absolute atomic E-state index is 14.9. The number of nitro benzene ring substituents is 1. The molecule has 9 aromatic carbocycles. The largest absolute Gasteiger partial charge is 1.00 e. The molecular formula is C61H39K2N7O11P2. The number of carbonyl (C=O) groups excluding carboxylic acids is 1. The van der Waals surface area contributed by atoms with Gasteiger partial charge in [-0.15, -0.1) is 0 Å². The average molecular weight is 1190 g/mol. The van der Waals surface area contributed by atoms with E-state index >= 15 is 0 Å². The Bertz CT molecular complexity index is 3920. The maximum atomic E-state index is 14.9. The third kappa shape index (κ3) is 17.4. The van der Waals surface area contributed by atoms with Crippen molar-refractivity contribution < 1.29 is 153 Å². The van der Waals surface area contributed by atoms with E-state index in [9.17, 15) is 34.7 Å². The van der Waals surface area contributed by atoms with Crippen LogP contribution in [0.1, 0.15) is 23.7 Å². The molecule has 2 N–H and O–H groups in total. The standard InChI is InChI=1S/C34H19N4O3P.C18H15O3P.C8H3N3O2.CH2O3.2K.H/c1-37-33-19-14-29(21-34(33)38-2)41-27-12-17-32(18-13-27)42(39,30-6-4-3-5-7-30)31-15-10-26(11-16-31)40-28-9-8-24(22-35)25(20-28)23-36;19-14-6-10-17(11-7-14)22(21,16-4-2-1-3-5-16)18-12-8-15(20)9-13-18;9-4-6-1-2-8(11(12)13)3-7(6)5-10;2-1-4-3;;;/h3-21H;1-13,19-20H;1-3H;1,3H;;;/q;;;;2*+1;-1/p-1. The minimum atomic E-state index is -3.29. The molecule has 1 atom stereocenters. The number of phenolic OH excluding ortho intramolecular Hbond substituents is 2. The first kappa shape index (κ1) is 67.2. The van der Waals surface area contributed by atoms with Crippen LogP contribution in [0.2, 0.25) is 0 Å². The summed E-state index contributed by atoms with van der Waals surface area (Å²) in [6.07, 6.45) is 0. The van der Waals surface area contributed by atoms with Gasteiger partial charge in [-0.3, -0.25) is 19.8 Å². The zero-order valence-corrected chi connectivity index (χ0v) is 51.9. The molecule has 22 heteroatoms. The van der Waals surface area contributed by atoms with Crippen molar-refractivity contribution in [2.24, 2.45) is 0 Å². The molecule has 83 heavy (non-hydrogen) atoms. The molecule has 0 aliphatic rings. The zero-order chi connectivity index (χ0) is 58.4. The van der Waals surface area contributed by atoms with Crippen molar-refractivity contribution in [1.82, 2.24) is 0 Å². The molecule has 0 aliphatic carbocycles. The van der Waals surface area contributed by atoms with Crippen LogP contribution in [-0.2, 0) is 18.8 Å². The summed E-state index contributed by atoms with van der Waals surface area (Å²) in [6.45, 7) is 14.3. The second kappa shape index (κ2) is 33.0. The Hall–Kier alpha value is -8.32. The van der Waals surface area contributed by atoms with E-state index < -0.39 is 19.2 Å². The van der Waals surface area contributed by atoms with E-state index in [-0.39, 0.29) is 161 Å². The zero-order valence-electron chi connectivity index (χ0n) is 44.9. The topological polar surface area (TPSA) is 289 Å². The van der Waals surface area contributed by atoms with Gasteiger partial charge in [0, 0.05) is 44.0 Å². The summed E-state index contributed by atoms with van der Waals surface area (Å²) in [7, 11) is -6.33. The number of nitrogens with zero attached hydrogens (tertiary/aromatic N) is 7. The second-order valence-corrected chi connectivity index (χ2v) is 21.9. The Labute approximate surface area is 563 Å². The van der Waals surface area contributed by atoms with Gasteiger partial charge in [-0.25, -0.2) is 4.85 Å². The molecule has 0 bridgehead atoms. The summed E-state index contributed by atoms with van der Waals surface area (Å²) < 4.78 is 40.5. The maximum Gasteiger partial charge on any atom is 1.00 e. The minimum Gasteiger partial charge on any atom is -1.00 e. The van der Waals surface area contributed by atoms with Gasteiger partial charge in [0.2, 0.25) is 0 Å². The Kier molecular flexibility index (Phi) is 26.7. The first-order chi connectivity index (χ1) is 39.2. The van der Waals surface area contributed by atoms with E-state index in [1.807, 2.05) is 72.8 Å². The van der Waals surface area contributed by atoms with Crippen LogP contribution < -0.4 is 149 Å². The minimum absolute atomic E-state index is 0. The fraction of sp³-hybridized carbons (Fsp3) is 0. The van der Waals surface area contributed by atoms with Gasteiger partial charge >= 0.3 is 103 Å². The number of aromatic hydroxyl groups is 2. The van der Waals surface area contributed by atoms with E-state index in [2.05, 4.69) is 14.6 Å². The van der Waals surface area contributed by atoms with E-state index in [0.29, 0.717) is 54.8 Å². The smallest absolute Gasteiger partial charge is 1.00 e. The van der Waals surface area contributed by atoms with E-state index in [0.717, 1.165) is 6.07 Å². The third-order valence-corrected chi connectivity index (χ3v) is 17.6. The number of benzene rings is 9. The van der Waals surface area contributed by atoms with Crippen LogP contribution in [0.4, 0.5) is 17.1 Å². The Morgan fingerprint density at radius 3 is 1.16 bits per heavy atom. The molecule has 9 rings (SSSR count). The van der Waals surface area contributed by atoms with Gasteiger partial charge in [0.05, 0.1) is 40.3 Å². The van der Waals surface area contributed by atoms with Crippen LogP contribution in [0.3, 0.4) is 0 Å². The summed E-state index contributed by atoms with van der Waals surface area (Å²) >= 11 is 0. The van der Waals surface area contributed by atoms with Crippen LogP contribution in [-0.4, -0.2) is 21.6 Å². The van der Waals surface area contributed by atoms with Crippen molar-refractivity contribution in [3.63, 3.8) is 0 Å². The summed E-state index contributed by atoms with van der Waals surface area (Å²) in [5, 5.41) is 77.0. The predicted octanol–water partition coefficient (Wildman–Crippen LogP) is 4.39. The first-order valence-electron chi connectivity index (χ1n) is 23.3.